The van der Waals surface area contributed by atoms with Gasteiger partial charge in [0.05, 0.1) is 13.7 Å². The van der Waals surface area contributed by atoms with Crippen molar-refractivity contribution in [3.8, 4) is 5.75 Å². The average molecular weight is 254 g/mol. The van der Waals surface area contributed by atoms with E-state index in [9.17, 15) is 4.79 Å². The zero-order chi connectivity index (χ0) is 12.5. The van der Waals surface area contributed by atoms with Gasteiger partial charge in [0.2, 0.25) is 5.91 Å². The zero-order valence-electron chi connectivity index (χ0n) is 10.2. The molecule has 0 heterocycles. The minimum Gasteiger partial charge on any atom is -0.497 e. The summed E-state index contributed by atoms with van der Waals surface area (Å²) in [5.41, 5.74) is 0.780. The molecule has 0 saturated carbocycles. The molecule has 0 bridgehead atoms. The van der Waals surface area contributed by atoms with Crippen molar-refractivity contribution in [1.82, 2.24) is 5.32 Å². The smallest absolute Gasteiger partial charge is 0.238 e. The molecular weight excluding hydrogens is 236 g/mol. The third-order valence-electron chi connectivity index (χ3n) is 2.14. The third-order valence-corrected chi connectivity index (χ3v) is 2.75. The van der Waals surface area contributed by atoms with E-state index in [1.165, 1.54) is 0 Å². The van der Waals surface area contributed by atoms with Crippen molar-refractivity contribution in [1.29, 1.82) is 0 Å². The molecule has 0 fully saturated rings. The Morgan fingerprint density at radius 2 is 2.06 bits per heavy atom. The van der Waals surface area contributed by atoms with Gasteiger partial charge in [-0.05, 0) is 30.5 Å². The summed E-state index contributed by atoms with van der Waals surface area (Å²) < 4.78 is 5.04. The summed E-state index contributed by atoms with van der Waals surface area (Å²) in [5, 5.41) is 5.88. The summed E-state index contributed by atoms with van der Waals surface area (Å²) in [6.07, 6.45) is 2.04. The quantitative estimate of drug-likeness (QED) is 0.726. The second kappa shape index (κ2) is 7.97. The molecule has 0 spiro atoms. The number of nitrogens with one attached hydrogen (secondary N) is 2. The summed E-state index contributed by atoms with van der Waals surface area (Å²) in [7, 11) is 1.61. The maximum absolute atomic E-state index is 11.5. The standard InChI is InChI=1S/C12H18N2O2S/c1-16-11-5-3-10(4-6-11)14-12(15)9-13-7-8-17-2/h3-6,13H,7-9H2,1-2H3,(H,14,15). The Hall–Kier alpha value is -1.20. The number of amides is 1. The fraction of sp³-hybridized carbons (Fsp3) is 0.417. The van der Waals surface area contributed by atoms with Gasteiger partial charge in [-0.15, -0.1) is 0 Å². The van der Waals surface area contributed by atoms with Gasteiger partial charge in [-0.3, -0.25) is 4.79 Å². The Bertz CT molecular complexity index is 341. The Labute approximate surface area is 106 Å². The number of hydrogen-bond acceptors (Lipinski definition) is 4. The third kappa shape index (κ3) is 5.60. The number of thioether (sulfide) groups is 1. The van der Waals surface area contributed by atoms with Crippen LogP contribution in [0.25, 0.3) is 0 Å². The van der Waals surface area contributed by atoms with Gasteiger partial charge in [0.1, 0.15) is 5.75 Å². The maximum Gasteiger partial charge on any atom is 0.238 e. The molecule has 2 N–H and O–H groups in total. The molecule has 1 rings (SSSR count). The highest BCUT2D eigenvalue weighted by molar-refractivity contribution is 7.98. The van der Waals surface area contributed by atoms with E-state index in [4.69, 9.17) is 4.74 Å². The SMILES string of the molecule is COc1ccc(NC(=O)CNCCSC)cc1. The summed E-state index contributed by atoms with van der Waals surface area (Å²) in [6.45, 7) is 1.18. The first kappa shape index (κ1) is 13.9. The lowest BCUT2D eigenvalue weighted by atomic mass is 10.3. The molecule has 94 valence electrons. The predicted octanol–water partition coefficient (Wildman–Crippen LogP) is 1.59. The van der Waals surface area contributed by atoms with E-state index in [1.54, 1.807) is 18.9 Å². The van der Waals surface area contributed by atoms with Crippen LogP contribution in [0.3, 0.4) is 0 Å². The molecule has 17 heavy (non-hydrogen) atoms. The Morgan fingerprint density at radius 1 is 1.35 bits per heavy atom. The molecule has 0 aromatic heterocycles. The van der Waals surface area contributed by atoms with Crippen molar-refractivity contribution >= 4 is 23.4 Å². The largest absolute Gasteiger partial charge is 0.497 e. The predicted molar refractivity (Wildman–Crippen MR) is 72.9 cm³/mol. The Kier molecular flexibility index (Phi) is 6.50. The minimum atomic E-state index is -0.0312. The van der Waals surface area contributed by atoms with Crippen LogP contribution >= 0.6 is 11.8 Å². The number of methoxy groups -OCH3 is 1. The number of carbonyl (C=O) groups is 1. The van der Waals surface area contributed by atoms with Gasteiger partial charge in [0.25, 0.3) is 0 Å². The van der Waals surface area contributed by atoms with Gasteiger partial charge in [0, 0.05) is 18.0 Å². The molecule has 1 aromatic carbocycles. The van der Waals surface area contributed by atoms with Crippen LogP contribution in [0.4, 0.5) is 5.69 Å². The van der Waals surface area contributed by atoms with Gasteiger partial charge >= 0.3 is 0 Å². The molecule has 0 aliphatic carbocycles. The number of ether oxygens (including phenoxy) is 1. The molecule has 1 amide bonds. The van der Waals surface area contributed by atoms with Crippen molar-refractivity contribution in [3.63, 3.8) is 0 Å². The Morgan fingerprint density at radius 3 is 2.65 bits per heavy atom. The van der Waals surface area contributed by atoms with E-state index in [0.29, 0.717) is 6.54 Å². The summed E-state index contributed by atoms with van der Waals surface area (Å²) in [5.74, 6) is 1.76. The van der Waals surface area contributed by atoms with Crippen molar-refractivity contribution < 1.29 is 9.53 Å². The van der Waals surface area contributed by atoms with Crippen LogP contribution in [-0.4, -0.2) is 38.1 Å². The Balaban J connectivity index is 2.29. The summed E-state index contributed by atoms with van der Waals surface area (Å²) in [4.78, 5) is 11.5. The molecule has 0 atom stereocenters. The number of anilines is 1. The van der Waals surface area contributed by atoms with Crippen molar-refractivity contribution in [2.24, 2.45) is 0 Å². The molecular formula is C12H18N2O2S. The minimum absolute atomic E-state index is 0.0312. The van der Waals surface area contributed by atoms with Crippen LogP contribution in [0.2, 0.25) is 0 Å². The molecule has 0 aliphatic rings. The number of carbonyl (C=O) groups excluding carboxylic acids is 1. The summed E-state index contributed by atoms with van der Waals surface area (Å²) in [6, 6.07) is 7.27. The van der Waals surface area contributed by atoms with Gasteiger partial charge in [-0.2, -0.15) is 11.8 Å². The first-order chi connectivity index (χ1) is 8.26. The average Bonchev–Trinajstić information content (AvgIpc) is 2.36. The van der Waals surface area contributed by atoms with Crippen LogP contribution in [0.5, 0.6) is 5.75 Å². The highest BCUT2D eigenvalue weighted by atomic mass is 32.2. The first-order valence-corrected chi connectivity index (χ1v) is 6.79. The van der Waals surface area contributed by atoms with Crippen LogP contribution in [-0.2, 0) is 4.79 Å². The van der Waals surface area contributed by atoms with Crippen LogP contribution in [0, 0.1) is 0 Å². The fourth-order valence-corrected chi connectivity index (χ4v) is 1.60. The lowest BCUT2D eigenvalue weighted by Gasteiger charge is -2.07. The molecule has 1 aromatic rings. The maximum atomic E-state index is 11.5. The van der Waals surface area contributed by atoms with E-state index in [-0.39, 0.29) is 5.91 Å². The van der Waals surface area contributed by atoms with Crippen molar-refractivity contribution in [2.75, 3.05) is 37.5 Å². The van der Waals surface area contributed by atoms with Gasteiger partial charge in [-0.25, -0.2) is 0 Å². The number of hydrogen-bond donors (Lipinski definition) is 2. The highest BCUT2D eigenvalue weighted by Crippen LogP contribution is 2.14. The first-order valence-electron chi connectivity index (χ1n) is 5.40. The summed E-state index contributed by atoms with van der Waals surface area (Å²) >= 11 is 1.75. The van der Waals surface area contributed by atoms with E-state index >= 15 is 0 Å². The van der Waals surface area contributed by atoms with Crippen LogP contribution in [0.15, 0.2) is 24.3 Å². The lowest BCUT2D eigenvalue weighted by molar-refractivity contribution is -0.115. The number of benzene rings is 1. The zero-order valence-corrected chi connectivity index (χ0v) is 11.0. The van der Waals surface area contributed by atoms with Gasteiger partial charge in [-0.1, -0.05) is 0 Å². The monoisotopic (exact) mass is 254 g/mol. The molecule has 0 unspecified atom stereocenters. The normalized spacial score (nSPS) is 10.0. The van der Waals surface area contributed by atoms with E-state index in [1.807, 2.05) is 30.5 Å². The van der Waals surface area contributed by atoms with E-state index < -0.39 is 0 Å². The van der Waals surface area contributed by atoms with Crippen LogP contribution < -0.4 is 15.4 Å². The lowest BCUT2D eigenvalue weighted by Crippen LogP contribution is -2.29. The molecule has 5 heteroatoms. The second-order valence-corrected chi connectivity index (χ2v) is 4.43. The van der Waals surface area contributed by atoms with Crippen molar-refractivity contribution in [3.05, 3.63) is 24.3 Å². The van der Waals surface area contributed by atoms with Crippen molar-refractivity contribution in [2.45, 2.75) is 0 Å². The molecule has 4 nitrogen and oxygen atoms in total. The topological polar surface area (TPSA) is 50.4 Å². The second-order valence-electron chi connectivity index (χ2n) is 3.45. The highest BCUT2D eigenvalue weighted by Gasteiger charge is 2.01. The van der Waals surface area contributed by atoms with Gasteiger partial charge < -0.3 is 15.4 Å². The van der Waals surface area contributed by atoms with E-state index in [0.717, 1.165) is 23.7 Å². The number of rotatable bonds is 7. The van der Waals surface area contributed by atoms with Crippen LogP contribution in [0.1, 0.15) is 0 Å². The molecule has 0 saturated heterocycles. The molecule has 0 radical (unpaired) electrons. The van der Waals surface area contributed by atoms with E-state index in [2.05, 4.69) is 10.6 Å². The van der Waals surface area contributed by atoms with Gasteiger partial charge in [0.15, 0.2) is 0 Å². The molecule has 0 aliphatic heterocycles. The fourth-order valence-electron chi connectivity index (χ4n) is 1.26.